The molecule has 1 aliphatic rings. The van der Waals surface area contributed by atoms with E-state index in [1.54, 1.807) is 31.2 Å². The Labute approximate surface area is 171 Å². The third-order valence-corrected chi connectivity index (χ3v) is 8.39. The molecule has 6 nitrogen and oxygen atoms in total. The SMILES string of the molecule is Cc1c(S(=O)(=O)Nc2ccc(C3CN(C(=O)O)C3)cc2)sc2ccc(Cl)cc12. The number of carboxylic acid groups (broad SMARTS) is 1. The molecule has 0 radical (unpaired) electrons. The maximum atomic E-state index is 12.9. The second-order valence-corrected chi connectivity index (χ2v) is 10.1. The summed E-state index contributed by atoms with van der Waals surface area (Å²) in [5.41, 5.74) is 2.14. The summed E-state index contributed by atoms with van der Waals surface area (Å²) in [6.07, 6.45) is -0.916. The standard InChI is InChI=1S/C19H17ClN2O4S2/c1-11-16-8-14(20)4-7-17(16)27-18(11)28(25,26)21-15-5-2-12(3-6-15)13-9-22(10-13)19(23)24/h2-8,13,21H,9-10H2,1H3,(H,23,24). The monoisotopic (exact) mass is 436 g/mol. The zero-order valence-electron chi connectivity index (χ0n) is 14.8. The highest BCUT2D eigenvalue weighted by atomic mass is 35.5. The molecule has 0 aliphatic carbocycles. The number of hydrogen-bond acceptors (Lipinski definition) is 4. The van der Waals surface area contributed by atoms with Gasteiger partial charge in [0.05, 0.1) is 0 Å². The molecule has 146 valence electrons. The summed E-state index contributed by atoms with van der Waals surface area (Å²) < 4.78 is 29.5. The van der Waals surface area contributed by atoms with Crippen LogP contribution in [0.5, 0.6) is 0 Å². The third kappa shape index (κ3) is 3.43. The summed E-state index contributed by atoms with van der Waals surface area (Å²) in [4.78, 5) is 12.2. The average molecular weight is 437 g/mol. The van der Waals surface area contributed by atoms with Crippen molar-refractivity contribution in [3.63, 3.8) is 0 Å². The molecule has 0 unspecified atom stereocenters. The molecule has 3 aromatic rings. The number of hydrogen-bond donors (Lipinski definition) is 2. The van der Waals surface area contributed by atoms with Gasteiger partial charge in [0.25, 0.3) is 10.0 Å². The van der Waals surface area contributed by atoms with E-state index in [0.717, 1.165) is 15.6 Å². The van der Waals surface area contributed by atoms with Gasteiger partial charge in [-0.05, 0) is 53.8 Å². The summed E-state index contributed by atoms with van der Waals surface area (Å²) in [5, 5.41) is 10.3. The minimum atomic E-state index is -3.72. The molecular weight excluding hydrogens is 420 g/mol. The van der Waals surface area contributed by atoms with Crippen LogP contribution in [0.4, 0.5) is 10.5 Å². The van der Waals surface area contributed by atoms with Gasteiger partial charge in [-0.2, -0.15) is 0 Å². The van der Waals surface area contributed by atoms with Crippen molar-refractivity contribution in [2.75, 3.05) is 17.8 Å². The van der Waals surface area contributed by atoms with Crippen molar-refractivity contribution >= 4 is 54.8 Å². The number of benzene rings is 2. The number of thiophene rings is 1. The Kier molecular flexibility index (Phi) is 4.73. The van der Waals surface area contributed by atoms with Crippen molar-refractivity contribution in [2.45, 2.75) is 17.1 Å². The Bertz CT molecular complexity index is 1170. The Hall–Kier alpha value is -2.29. The quantitative estimate of drug-likeness (QED) is 0.618. The molecular formula is C19H17ClN2O4S2. The van der Waals surface area contributed by atoms with Crippen LogP contribution < -0.4 is 4.72 Å². The number of fused-ring (bicyclic) bond motifs is 1. The van der Waals surface area contributed by atoms with Gasteiger partial charge in [-0.25, -0.2) is 13.2 Å². The number of aryl methyl sites for hydroxylation is 1. The first kappa shape index (κ1) is 19.0. The number of nitrogens with one attached hydrogen (secondary N) is 1. The molecule has 0 spiro atoms. The highest BCUT2D eigenvalue weighted by molar-refractivity contribution is 7.94. The molecule has 1 aromatic heterocycles. The summed E-state index contributed by atoms with van der Waals surface area (Å²) in [6, 6.07) is 12.4. The number of anilines is 1. The van der Waals surface area contributed by atoms with Gasteiger partial charge in [0.1, 0.15) is 4.21 Å². The smallest absolute Gasteiger partial charge is 0.407 e. The van der Waals surface area contributed by atoms with Crippen molar-refractivity contribution < 1.29 is 18.3 Å². The molecule has 0 bridgehead atoms. The summed E-state index contributed by atoms with van der Waals surface area (Å²) in [6.45, 7) is 2.70. The molecule has 4 rings (SSSR count). The number of nitrogens with zero attached hydrogens (tertiary/aromatic N) is 1. The summed E-state index contributed by atoms with van der Waals surface area (Å²) in [5.74, 6) is 0.149. The summed E-state index contributed by atoms with van der Waals surface area (Å²) >= 11 is 7.24. The lowest BCUT2D eigenvalue weighted by atomic mass is 9.92. The van der Waals surface area contributed by atoms with Gasteiger partial charge >= 0.3 is 6.09 Å². The van der Waals surface area contributed by atoms with Gasteiger partial charge in [0.2, 0.25) is 0 Å². The number of carbonyl (C=O) groups is 1. The Morgan fingerprint density at radius 2 is 1.89 bits per heavy atom. The molecule has 2 heterocycles. The first-order valence-corrected chi connectivity index (χ1v) is 11.2. The highest BCUT2D eigenvalue weighted by Gasteiger charge is 2.31. The second-order valence-electron chi connectivity index (χ2n) is 6.77. The van der Waals surface area contributed by atoms with Gasteiger partial charge in [0, 0.05) is 34.4 Å². The molecule has 0 saturated carbocycles. The molecule has 1 amide bonds. The predicted octanol–water partition coefficient (Wildman–Crippen LogP) is 4.74. The molecule has 1 fully saturated rings. The lowest BCUT2D eigenvalue weighted by Gasteiger charge is -2.37. The van der Waals surface area contributed by atoms with Crippen molar-refractivity contribution in [2.24, 2.45) is 0 Å². The first-order chi connectivity index (χ1) is 13.2. The molecule has 2 aromatic carbocycles. The van der Waals surface area contributed by atoms with E-state index < -0.39 is 16.1 Å². The topological polar surface area (TPSA) is 86.7 Å². The molecule has 9 heteroatoms. The molecule has 2 N–H and O–H groups in total. The first-order valence-electron chi connectivity index (χ1n) is 8.54. The minimum absolute atomic E-state index is 0.149. The van der Waals surface area contributed by atoms with Gasteiger partial charge in [-0.1, -0.05) is 23.7 Å². The number of rotatable bonds is 4. The van der Waals surface area contributed by atoms with Crippen molar-refractivity contribution in [3.8, 4) is 0 Å². The van der Waals surface area contributed by atoms with E-state index in [0.29, 0.717) is 29.4 Å². The van der Waals surface area contributed by atoms with E-state index in [2.05, 4.69) is 4.72 Å². The minimum Gasteiger partial charge on any atom is -0.465 e. The van der Waals surface area contributed by atoms with E-state index in [-0.39, 0.29) is 10.1 Å². The lowest BCUT2D eigenvalue weighted by molar-refractivity contribution is 0.105. The number of likely N-dealkylation sites (tertiary alicyclic amines) is 1. The number of sulfonamides is 1. The molecule has 1 aliphatic heterocycles. The van der Waals surface area contributed by atoms with Crippen LogP contribution in [0.1, 0.15) is 17.0 Å². The van der Waals surface area contributed by atoms with Crippen molar-refractivity contribution in [3.05, 3.63) is 58.6 Å². The Balaban J connectivity index is 1.54. The fourth-order valence-electron chi connectivity index (χ4n) is 3.30. The van der Waals surface area contributed by atoms with E-state index in [9.17, 15) is 13.2 Å². The maximum Gasteiger partial charge on any atom is 0.407 e. The number of amides is 1. The Morgan fingerprint density at radius 3 is 2.54 bits per heavy atom. The van der Waals surface area contributed by atoms with Crippen LogP contribution in [0.15, 0.2) is 46.7 Å². The van der Waals surface area contributed by atoms with Crippen LogP contribution in [0.25, 0.3) is 10.1 Å². The Morgan fingerprint density at radius 1 is 1.21 bits per heavy atom. The van der Waals surface area contributed by atoms with Crippen LogP contribution in [0.3, 0.4) is 0 Å². The fraction of sp³-hybridized carbons (Fsp3) is 0.211. The van der Waals surface area contributed by atoms with E-state index >= 15 is 0 Å². The van der Waals surface area contributed by atoms with Gasteiger partial charge in [-0.3, -0.25) is 4.72 Å². The maximum absolute atomic E-state index is 12.9. The van der Waals surface area contributed by atoms with Crippen molar-refractivity contribution in [1.82, 2.24) is 4.90 Å². The second kappa shape index (κ2) is 6.95. The van der Waals surface area contributed by atoms with Crippen LogP contribution in [-0.2, 0) is 10.0 Å². The van der Waals surface area contributed by atoms with Crippen LogP contribution in [0, 0.1) is 6.92 Å². The molecule has 28 heavy (non-hydrogen) atoms. The highest BCUT2D eigenvalue weighted by Crippen LogP contribution is 2.36. The normalized spacial score (nSPS) is 14.9. The lowest BCUT2D eigenvalue weighted by Crippen LogP contribution is -2.47. The molecule has 0 atom stereocenters. The summed E-state index contributed by atoms with van der Waals surface area (Å²) in [7, 11) is -3.72. The van der Waals surface area contributed by atoms with Gasteiger partial charge < -0.3 is 10.0 Å². The van der Waals surface area contributed by atoms with Gasteiger partial charge in [0.15, 0.2) is 0 Å². The number of halogens is 1. The van der Waals surface area contributed by atoms with Gasteiger partial charge in [-0.15, -0.1) is 11.3 Å². The van der Waals surface area contributed by atoms with Crippen molar-refractivity contribution in [1.29, 1.82) is 0 Å². The predicted molar refractivity (Wildman–Crippen MR) is 111 cm³/mol. The zero-order chi connectivity index (χ0) is 20.1. The van der Waals surface area contributed by atoms with Crippen LogP contribution >= 0.6 is 22.9 Å². The largest absolute Gasteiger partial charge is 0.465 e. The zero-order valence-corrected chi connectivity index (χ0v) is 17.2. The van der Waals surface area contributed by atoms with Crippen LogP contribution in [-0.4, -0.2) is 37.6 Å². The fourth-order valence-corrected chi connectivity index (χ4v) is 6.28. The molecule has 1 saturated heterocycles. The van der Waals surface area contributed by atoms with E-state index in [4.69, 9.17) is 16.7 Å². The third-order valence-electron chi connectivity index (χ3n) is 4.88. The van der Waals surface area contributed by atoms with E-state index in [1.165, 1.54) is 16.2 Å². The van der Waals surface area contributed by atoms with Crippen LogP contribution in [0.2, 0.25) is 5.02 Å². The average Bonchev–Trinajstić information content (AvgIpc) is 2.92. The van der Waals surface area contributed by atoms with E-state index in [1.807, 2.05) is 18.2 Å².